The van der Waals surface area contributed by atoms with E-state index in [4.69, 9.17) is 0 Å². The fourth-order valence-corrected chi connectivity index (χ4v) is 5.12. The number of hydrazone groups is 1. The van der Waals surface area contributed by atoms with Gasteiger partial charge in [-0.2, -0.15) is 5.10 Å². The molecule has 1 fully saturated rings. The van der Waals surface area contributed by atoms with Crippen molar-refractivity contribution in [3.63, 3.8) is 0 Å². The summed E-state index contributed by atoms with van der Waals surface area (Å²) in [7, 11) is 0. The van der Waals surface area contributed by atoms with Crippen LogP contribution in [0, 0.1) is 0 Å². The Balaban J connectivity index is 1.48. The quantitative estimate of drug-likeness (QED) is 0.757. The van der Waals surface area contributed by atoms with Crippen molar-refractivity contribution in [1.82, 2.24) is 15.6 Å². The van der Waals surface area contributed by atoms with Crippen molar-refractivity contribution >= 4 is 34.0 Å². The summed E-state index contributed by atoms with van der Waals surface area (Å²) in [5.74, 6) is 0.0938. The summed E-state index contributed by atoms with van der Waals surface area (Å²) in [5.41, 5.74) is 2.88. The largest absolute Gasteiger partial charge is 0.326 e. The predicted molar refractivity (Wildman–Crippen MR) is 107 cm³/mol. The van der Waals surface area contributed by atoms with Gasteiger partial charge in [-0.15, -0.1) is 11.3 Å². The van der Waals surface area contributed by atoms with E-state index in [1.165, 1.54) is 48.5 Å². The number of rotatable bonds is 7. The third kappa shape index (κ3) is 5.72. The fourth-order valence-electron chi connectivity index (χ4n) is 3.10. The second-order valence-electron chi connectivity index (χ2n) is 6.67. The Hall–Kier alpha value is -1.05. The van der Waals surface area contributed by atoms with E-state index in [9.17, 15) is 4.79 Å². The van der Waals surface area contributed by atoms with E-state index in [0.717, 1.165) is 24.4 Å². The lowest BCUT2D eigenvalue weighted by atomic mass is 10.2. The van der Waals surface area contributed by atoms with Gasteiger partial charge < -0.3 is 5.32 Å². The predicted octanol–water partition coefficient (Wildman–Crippen LogP) is 3.71. The Morgan fingerprint density at radius 1 is 1.32 bits per heavy atom. The highest BCUT2D eigenvalue weighted by Gasteiger charge is 2.23. The molecule has 0 aliphatic carbocycles. The standard InChI is InChI=1S/C18H28N4OS2/c1-2-3-8-16(23)19-18-21-20-17(25-18)15-10-9-14(24-15)13-22-11-6-4-5-7-12-22/h9-10,18,21H,2-8,11-13H2,1H3,(H,19,23). The Labute approximate surface area is 158 Å². The van der Waals surface area contributed by atoms with Crippen LogP contribution in [0.1, 0.15) is 61.6 Å². The van der Waals surface area contributed by atoms with Crippen molar-refractivity contribution in [1.29, 1.82) is 0 Å². The second-order valence-corrected chi connectivity index (χ2v) is 8.93. The van der Waals surface area contributed by atoms with Crippen LogP contribution in [0.4, 0.5) is 0 Å². The Bertz CT molecular complexity index is 594. The molecule has 138 valence electrons. The first-order valence-electron chi connectivity index (χ1n) is 9.35. The van der Waals surface area contributed by atoms with Gasteiger partial charge in [-0.1, -0.05) is 37.9 Å². The maximum atomic E-state index is 11.8. The van der Waals surface area contributed by atoms with Crippen molar-refractivity contribution in [2.24, 2.45) is 5.10 Å². The van der Waals surface area contributed by atoms with Gasteiger partial charge >= 0.3 is 0 Å². The molecule has 2 aliphatic rings. The minimum Gasteiger partial charge on any atom is -0.326 e. The van der Waals surface area contributed by atoms with Crippen molar-refractivity contribution in [2.45, 2.75) is 63.9 Å². The maximum absolute atomic E-state index is 11.8. The Kier molecular flexibility index (Phi) is 7.19. The molecule has 2 N–H and O–H groups in total. The molecule has 1 unspecified atom stereocenters. The van der Waals surface area contributed by atoms with Crippen LogP contribution in [-0.4, -0.2) is 34.4 Å². The molecule has 2 aliphatic heterocycles. The average molecular weight is 381 g/mol. The summed E-state index contributed by atoms with van der Waals surface area (Å²) < 4.78 is 0. The van der Waals surface area contributed by atoms with Crippen LogP contribution in [0.3, 0.4) is 0 Å². The first-order chi connectivity index (χ1) is 12.2. The smallest absolute Gasteiger partial charge is 0.222 e. The van der Waals surface area contributed by atoms with E-state index in [1.54, 1.807) is 11.8 Å². The minimum atomic E-state index is -0.143. The number of thioether (sulfide) groups is 1. The van der Waals surface area contributed by atoms with Crippen molar-refractivity contribution < 1.29 is 4.79 Å². The van der Waals surface area contributed by atoms with Crippen LogP contribution < -0.4 is 10.7 Å². The van der Waals surface area contributed by atoms with Crippen LogP contribution in [0.2, 0.25) is 0 Å². The van der Waals surface area contributed by atoms with E-state index < -0.39 is 0 Å². The number of carbonyl (C=O) groups is 1. The molecule has 1 amide bonds. The number of hydrogen-bond acceptors (Lipinski definition) is 6. The van der Waals surface area contributed by atoms with E-state index in [2.05, 4.69) is 39.8 Å². The molecule has 3 heterocycles. The van der Waals surface area contributed by atoms with Gasteiger partial charge in [-0.25, -0.2) is 0 Å². The molecule has 1 aromatic heterocycles. The molecule has 7 heteroatoms. The third-order valence-corrected chi connectivity index (χ3v) is 6.71. The number of amides is 1. The highest BCUT2D eigenvalue weighted by atomic mass is 32.2. The van der Waals surface area contributed by atoms with E-state index in [-0.39, 0.29) is 11.4 Å². The minimum absolute atomic E-state index is 0.0938. The first-order valence-corrected chi connectivity index (χ1v) is 11.0. The zero-order valence-corrected chi connectivity index (χ0v) is 16.6. The average Bonchev–Trinajstić information content (AvgIpc) is 3.17. The second kappa shape index (κ2) is 9.59. The molecule has 0 bridgehead atoms. The van der Waals surface area contributed by atoms with Crippen molar-refractivity contribution in [3.05, 3.63) is 21.9 Å². The molecule has 1 atom stereocenters. The molecule has 0 spiro atoms. The van der Waals surface area contributed by atoms with Gasteiger partial charge in [-0.3, -0.25) is 15.1 Å². The zero-order valence-electron chi connectivity index (χ0n) is 14.9. The van der Waals surface area contributed by atoms with E-state index in [0.29, 0.717) is 6.42 Å². The topological polar surface area (TPSA) is 56.7 Å². The lowest BCUT2D eigenvalue weighted by Gasteiger charge is -2.18. The van der Waals surface area contributed by atoms with E-state index in [1.807, 2.05) is 11.3 Å². The lowest BCUT2D eigenvalue weighted by Crippen LogP contribution is -2.38. The molecule has 0 radical (unpaired) electrons. The molecule has 1 aromatic rings. The summed E-state index contributed by atoms with van der Waals surface area (Å²) in [6, 6.07) is 4.38. The number of nitrogens with one attached hydrogen (secondary N) is 2. The SMILES string of the molecule is CCCCC(=O)NC1NN=C(c2ccc(CN3CCCCCC3)s2)S1. The number of nitrogens with zero attached hydrogens (tertiary/aromatic N) is 2. The van der Waals surface area contributed by atoms with Gasteiger partial charge in [0.15, 0.2) is 5.50 Å². The van der Waals surface area contributed by atoms with Gasteiger partial charge in [0.25, 0.3) is 0 Å². The number of carbonyl (C=O) groups excluding carboxylic acids is 1. The van der Waals surface area contributed by atoms with Gasteiger partial charge in [-0.05, 0) is 44.5 Å². The zero-order chi connectivity index (χ0) is 17.5. The van der Waals surface area contributed by atoms with Crippen LogP contribution in [0.5, 0.6) is 0 Å². The lowest BCUT2D eigenvalue weighted by molar-refractivity contribution is -0.121. The monoisotopic (exact) mass is 380 g/mol. The molecule has 3 rings (SSSR count). The van der Waals surface area contributed by atoms with Crippen LogP contribution in [-0.2, 0) is 11.3 Å². The van der Waals surface area contributed by atoms with Crippen molar-refractivity contribution in [3.8, 4) is 0 Å². The maximum Gasteiger partial charge on any atom is 0.222 e. The van der Waals surface area contributed by atoms with Crippen LogP contribution in [0.25, 0.3) is 0 Å². The molecular formula is C18H28N4OS2. The van der Waals surface area contributed by atoms with Crippen molar-refractivity contribution in [2.75, 3.05) is 13.1 Å². The molecule has 5 nitrogen and oxygen atoms in total. The summed E-state index contributed by atoms with van der Waals surface area (Å²) in [6.45, 7) is 5.58. The van der Waals surface area contributed by atoms with Crippen LogP contribution in [0.15, 0.2) is 17.2 Å². The number of unbranched alkanes of at least 4 members (excludes halogenated alkanes) is 1. The molecule has 1 saturated heterocycles. The molecular weight excluding hydrogens is 352 g/mol. The number of thiophene rings is 1. The van der Waals surface area contributed by atoms with Gasteiger partial charge in [0.05, 0.1) is 4.88 Å². The number of likely N-dealkylation sites (tertiary alicyclic amines) is 1. The molecule has 0 saturated carbocycles. The number of hydrogen-bond donors (Lipinski definition) is 2. The summed E-state index contributed by atoms with van der Waals surface area (Å²) in [5, 5.41) is 8.37. The molecule has 0 aromatic carbocycles. The normalized spacial score (nSPS) is 21.5. The molecule has 25 heavy (non-hydrogen) atoms. The fraction of sp³-hybridized carbons (Fsp3) is 0.667. The van der Waals surface area contributed by atoms with Crippen LogP contribution >= 0.6 is 23.1 Å². The summed E-state index contributed by atoms with van der Waals surface area (Å²) in [4.78, 5) is 17.0. The first kappa shape index (κ1) is 18.7. The summed E-state index contributed by atoms with van der Waals surface area (Å²) >= 11 is 3.41. The van der Waals surface area contributed by atoms with Gasteiger partial charge in [0, 0.05) is 17.8 Å². The summed E-state index contributed by atoms with van der Waals surface area (Å²) in [6.07, 6.45) is 7.95. The van der Waals surface area contributed by atoms with Gasteiger partial charge in [0.2, 0.25) is 5.91 Å². The van der Waals surface area contributed by atoms with E-state index >= 15 is 0 Å². The Morgan fingerprint density at radius 3 is 2.88 bits per heavy atom. The third-order valence-electron chi connectivity index (χ3n) is 4.51. The highest BCUT2D eigenvalue weighted by Crippen LogP contribution is 2.28. The highest BCUT2D eigenvalue weighted by molar-refractivity contribution is 8.15. The van der Waals surface area contributed by atoms with Gasteiger partial charge in [0.1, 0.15) is 5.04 Å². The Morgan fingerprint density at radius 2 is 2.12 bits per heavy atom.